The fraction of sp³-hybridized carbons (Fsp3) is 0.355. The lowest BCUT2D eigenvalue weighted by Crippen LogP contribution is -2.46. The highest BCUT2D eigenvalue weighted by Crippen LogP contribution is 2.45. The Morgan fingerprint density at radius 2 is 1.86 bits per heavy atom. The lowest BCUT2D eigenvalue weighted by atomic mass is 9.92. The van der Waals surface area contributed by atoms with E-state index < -0.39 is 47.8 Å². The number of carboxylic acid groups (broad SMARTS) is 1. The van der Waals surface area contributed by atoms with Crippen molar-refractivity contribution in [1.29, 1.82) is 0 Å². The van der Waals surface area contributed by atoms with Gasteiger partial charge in [-0.25, -0.2) is 4.79 Å². The predicted molar refractivity (Wildman–Crippen MR) is 165 cm³/mol. The number of halogens is 1. The minimum Gasteiger partial charge on any atom is -0.493 e. The van der Waals surface area contributed by atoms with Crippen molar-refractivity contribution >= 4 is 58.1 Å². The molecule has 2 unspecified atom stereocenters. The summed E-state index contributed by atoms with van der Waals surface area (Å²) in [5.41, 5.74) is 0.967. The van der Waals surface area contributed by atoms with Gasteiger partial charge in [0, 0.05) is 40.7 Å². The molecule has 0 spiro atoms. The Morgan fingerprint density at radius 3 is 2.52 bits per heavy atom. The van der Waals surface area contributed by atoms with Crippen LogP contribution in [0.1, 0.15) is 54.1 Å². The molecule has 0 bridgehead atoms. The van der Waals surface area contributed by atoms with Crippen LogP contribution in [0.5, 0.6) is 11.5 Å². The van der Waals surface area contributed by atoms with E-state index in [1.165, 1.54) is 32.1 Å². The molecule has 1 aromatic heterocycles. The number of benzene rings is 2. The van der Waals surface area contributed by atoms with Crippen LogP contribution in [0.3, 0.4) is 0 Å². The summed E-state index contributed by atoms with van der Waals surface area (Å²) in [6.07, 6.45) is -2.69. The number of anilines is 2. The van der Waals surface area contributed by atoms with E-state index in [4.69, 9.17) is 30.5 Å². The number of methoxy groups -OCH3 is 2. The van der Waals surface area contributed by atoms with Crippen molar-refractivity contribution in [2.24, 2.45) is 5.41 Å². The number of para-hydroxylation sites is 1. The Balaban J connectivity index is 1.82. The molecular weight excluding hydrogens is 612 g/mol. The molecule has 44 heavy (non-hydrogen) atoms. The summed E-state index contributed by atoms with van der Waals surface area (Å²) in [5, 5.41) is 14.0. The number of esters is 1. The van der Waals surface area contributed by atoms with Crippen molar-refractivity contribution in [3.63, 3.8) is 0 Å². The number of nitrogens with one attached hydrogen (secondary N) is 1. The van der Waals surface area contributed by atoms with E-state index in [0.29, 0.717) is 33.3 Å². The summed E-state index contributed by atoms with van der Waals surface area (Å²) in [4.78, 5) is 52.3. The van der Waals surface area contributed by atoms with E-state index in [-0.39, 0.29) is 23.7 Å². The summed E-state index contributed by atoms with van der Waals surface area (Å²) in [7, 11) is 2.98. The lowest BCUT2D eigenvalue weighted by Gasteiger charge is -2.33. The Kier molecular flexibility index (Phi) is 10.2. The zero-order valence-corrected chi connectivity index (χ0v) is 26.4. The molecule has 2 amide bonds. The quantitative estimate of drug-likeness (QED) is 0.257. The van der Waals surface area contributed by atoms with Crippen molar-refractivity contribution in [2.75, 3.05) is 37.6 Å². The molecule has 13 heteroatoms. The van der Waals surface area contributed by atoms with E-state index in [2.05, 4.69) is 5.32 Å². The maximum Gasteiger partial charge on any atom is 0.348 e. The molecule has 3 aromatic rings. The topological polar surface area (TPSA) is 141 Å². The maximum absolute atomic E-state index is 14.3. The van der Waals surface area contributed by atoms with Crippen LogP contribution in [0.2, 0.25) is 5.02 Å². The van der Waals surface area contributed by atoms with Crippen molar-refractivity contribution in [3.8, 4) is 11.5 Å². The Hall–Kier alpha value is -4.13. The van der Waals surface area contributed by atoms with Gasteiger partial charge in [0.15, 0.2) is 11.5 Å². The largest absolute Gasteiger partial charge is 0.493 e. The third kappa shape index (κ3) is 7.32. The molecule has 0 fully saturated rings. The van der Waals surface area contributed by atoms with Crippen LogP contribution in [-0.4, -0.2) is 62.3 Å². The first kappa shape index (κ1) is 32.8. The van der Waals surface area contributed by atoms with Gasteiger partial charge in [-0.1, -0.05) is 37.6 Å². The van der Waals surface area contributed by atoms with Gasteiger partial charge in [0.1, 0.15) is 17.1 Å². The maximum atomic E-state index is 14.3. The average Bonchev–Trinajstić information content (AvgIpc) is 3.41. The predicted octanol–water partition coefficient (Wildman–Crippen LogP) is 5.56. The van der Waals surface area contributed by atoms with Gasteiger partial charge in [0.2, 0.25) is 5.91 Å². The second kappa shape index (κ2) is 13.7. The minimum absolute atomic E-state index is 0.0320. The van der Waals surface area contributed by atoms with Crippen molar-refractivity contribution in [2.45, 2.75) is 39.4 Å². The van der Waals surface area contributed by atoms with Crippen molar-refractivity contribution in [3.05, 3.63) is 68.9 Å². The fourth-order valence-corrected chi connectivity index (χ4v) is 5.81. The van der Waals surface area contributed by atoms with E-state index in [9.17, 15) is 24.3 Å². The third-order valence-corrected chi connectivity index (χ3v) is 8.01. The van der Waals surface area contributed by atoms with Crippen molar-refractivity contribution < 1.29 is 43.2 Å². The molecule has 2 aromatic carbocycles. The third-order valence-electron chi connectivity index (χ3n) is 6.88. The number of nitrogens with zero attached hydrogens (tertiary/aromatic N) is 1. The lowest BCUT2D eigenvalue weighted by molar-refractivity contribution is -0.144. The number of carbonyl (C=O) groups excluding carboxylic acids is 3. The summed E-state index contributed by atoms with van der Waals surface area (Å²) in [6.45, 7) is 5.13. The zero-order chi connectivity index (χ0) is 32.2. The molecular formula is C31H33ClN2O9S. The number of amides is 2. The molecule has 234 valence electrons. The molecule has 4 rings (SSSR count). The van der Waals surface area contributed by atoms with E-state index in [1.807, 2.05) is 13.8 Å². The minimum atomic E-state index is -1.32. The Morgan fingerprint density at radius 1 is 1.11 bits per heavy atom. The van der Waals surface area contributed by atoms with Crippen LogP contribution >= 0.6 is 22.9 Å². The molecule has 11 nitrogen and oxygen atoms in total. The summed E-state index contributed by atoms with van der Waals surface area (Å²) in [5.74, 6) is -1.98. The number of ether oxygens (including phenoxy) is 4. The zero-order valence-electron chi connectivity index (χ0n) is 24.8. The Bertz CT molecular complexity index is 1570. The monoisotopic (exact) mass is 644 g/mol. The summed E-state index contributed by atoms with van der Waals surface area (Å²) < 4.78 is 23.0. The number of fused-ring (bicyclic) bond motifs is 1. The van der Waals surface area contributed by atoms with E-state index >= 15 is 0 Å². The van der Waals surface area contributed by atoms with Crippen LogP contribution in [0.4, 0.5) is 11.4 Å². The molecule has 0 saturated carbocycles. The highest BCUT2D eigenvalue weighted by atomic mass is 35.5. The molecule has 0 saturated heterocycles. The molecule has 0 aliphatic carbocycles. The smallest absolute Gasteiger partial charge is 0.348 e. The molecule has 0 radical (unpaired) electrons. The SMILES string of the molecule is COc1cccc(C2OC(CC(=O)Nc3ccsc3C(=O)O)C(=O)N(CC(C)(C)COC(C)=O)c3ccc(Cl)cc32)c1OC. The van der Waals surface area contributed by atoms with Gasteiger partial charge < -0.3 is 34.3 Å². The van der Waals surface area contributed by atoms with Gasteiger partial charge >= 0.3 is 11.9 Å². The highest BCUT2D eigenvalue weighted by Gasteiger charge is 2.41. The van der Waals surface area contributed by atoms with Crippen LogP contribution < -0.4 is 19.7 Å². The van der Waals surface area contributed by atoms with Gasteiger partial charge in [0.25, 0.3) is 5.91 Å². The number of hydrogen-bond acceptors (Lipinski definition) is 9. The molecule has 1 aliphatic heterocycles. The second-order valence-corrected chi connectivity index (χ2v) is 12.2. The fourth-order valence-electron chi connectivity index (χ4n) is 4.94. The van der Waals surface area contributed by atoms with E-state index in [1.54, 1.807) is 41.8 Å². The number of carbonyl (C=O) groups is 4. The first-order valence-corrected chi connectivity index (χ1v) is 14.8. The number of hydrogen-bond donors (Lipinski definition) is 2. The van der Waals surface area contributed by atoms with Crippen LogP contribution in [0.25, 0.3) is 0 Å². The number of rotatable bonds is 11. The standard InChI is InChI=1S/C31H33ClN2O9S/c1-17(35)42-16-31(2,3)15-34-22-10-9-18(32)13-20(22)26(19-7-6-8-23(40-4)27(19)41-5)43-24(29(34)37)14-25(36)33-21-11-12-44-28(21)30(38)39/h6-13,24,26H,14-16H2,1-5H3,(H,33,36)(H,38,39). The van der Waals surface area contributed by atoms with Gasteiger partial charge in [-0.05, 0) is 35.7 Å². The van der Waals surface area contributed by atoms with Crippen LogP contribution in [0, 0.1) is 5.41 Å². The Labute approximate surface area is 263 Å². The van der Waals surface area contributed by atoms with Crippen molar-refractivity contribution in [1.82, 2.24) is 0 Å². The number of aromatic carboxylic acids is 1. The average molecular weight is 645 g/mol. The molecule has 2 atom stereocenters. The first-order valence-electron chi connectivity index (χ1n) is 13.6. The highest BCUT2D eigenvalue weighted by molar-refractivity contribution is 7.12. The number of thiophene rings is 1. The molecule has 2 N–H and O–H groups in total. The first-order chi connectivity index (χ1) is 20.8. The summed E-state index contributed by atoms with van der Waals surface area (Å²) in [6, 6.07) is 11.8. The molecule has 1 aliphatic rings. The van der Waals surface area contributed by atoms with E-state index in [0.717, 1.165) is 11.3 Å². The van der Waals surface area contributed by atoms with Gasteiger partial charge in [-0.3, -0.25) is 14.4 Å². The molecule has 2 heterocycles. The van der Waals surface area contributed by atoms with Crippen LogP contribution in [-0.2, 0) is 23.9 Å². The summed E-state index contributed by atoms with van der Waals surface area (Å²) >= 11 is 7.44. The van der Waals surface area contributed by atoms with Gasteiger partial charge in [0.05, 0.1) is 32.9 Å². The van der Waals surface area contributed by atoms with Gasteiger partial charge in [-0.15, -0.1) is 11.3 Å². The second-order valence-electron chi connectivity index (χ2n) is 10.9. The number of carboxylic acids is 1. The van der Waals surface area contributed by atoms with Crippen LogP contribution in [0.15, 0.2) is 47.8 Å². The normalized spacial score (nSPS) is 16.5. The van der Waals surface area contributed by atoms with Gasteiger partial charge in [-0.2, -0.15) is 0 Å².